The smallest absolute Gasteiger partial charge is 0.231 e. The van der Waals surface area contributed by atoms with Gasteiger partial charge in [0.2, 0.25) is 5.91 Å². The van der Waals surface area contributed by atoms with Crippen LogP contribution in [0.25, 0.3) is 0 Å². The lowest BCUT2D eigenvalue weighted by atomic mass is 9.96. The summed E-state index contributed by atoms with van der Waals surface area (Å²) in [6.45, 7) is 4.81. The molecule has 2 aromatic rings. The minimum absolute atomic E-state index is 0.145. The first kappa shape index (κ1) is 17.7. The fourth-order valence-electron chi connectivity index (χ4n) is 4.91. The van der Waals surface area contributed by atoms with Crippen LogP contribution in [0.1, 0.15) is 23.6 Å². The average Bonchev–Trinajstić information content (AvgIpc) is 3.34. The average molecular weight is 374 g/mol. The summed E-state index contributed by atoms with van der Waals surface area (Å²) in [5.41, 5.74) is 2.69. The van der Waals surface area contributed by atoms with Crippen LogP contribution in [0.3, 0.4) is 0 Å². The summed E-state index contributed by atoms with van der Waals surface area (Å²) in [7, 11) is 0. The molecule has 1 amide bonds. The Morgan fingerprint density at radius 3 is 1.96 bits per heavy atom. The molecule has 2 atom stereocenters. The molecule has 0 N–H and O–H groups in total. The van der Waals surface area contributed by atoms with E-state index in [-0.39, 0.29) is 12.0 Å². The lowest BCUT2D eigenvalue weighted by Crippen LogP contribution is -2.52. The number of benzene rings is 2. The normalized spacial score (nSPS) is 25.2. The molecule has 0 saturated carbocycles. The number of piperazine rings is 1. The molecule has 5 rings (SSSR count). The van der Waals surface area contributed by atoms with E-state index in [9.17, 15) is 4.79 Å². The Kier molecular flexibility index (Phi) is 4.75. The lowest BCUT2D eigenvalue weighted by Gasteiger charge is -2.41. The second-order valence-corrected chi connectivity index (χ2v) is 8.12. The monoisotopic (exact) mass is 373 g/mol. The molecule has 0 aromatic heterocycles. The highest BCUT2D eigenvalue weighted by Crippen LogP contribution is 2.33. The quantitative estimate of drug-likeness (QED) is 0.754. The number of carbonyl (C=O) groups excluding carboxylic acids is 1. The number of nitrogens with zero attached hydrogens (tertiary/aromatic N) is 3. The zero-order chi connectivity index (χ0) is 18.9. The molecule has 4 heteroatoms. The van der Waals surface area contributed by atoms with E-state index in [1.165, 1.54) is 11.1 Å². The van der Waals surface area contributed by atoms with Crippen molar-refractivity contribution >= 4 is 5.91 Å². The van der Waals surface area contributed by atoms with Gasteiger partial charge in [-0.05, 0) is 17.5 Å². The van der Waals surface area contributed by atoms with E-state index in [2.05, 4.69) is 87.5 Å². The first-order valence-electron chi connectivity index (χ1n) is 10.3. The number of amides is 1. The van der Waals surface area contributed by atoms with Crippen molar-refractivity contribution < 1.29 is 4.79 Å². The van der Waals surface area contributed by atoms with Gasteiger partial charge in [-0.15, -0.1) is 0 Å². The third kappa shape index (κ3) is 3.27. The van der Waals surface area contributed by atoms with Crippen LogP contribution >= 0.6 is 0 Å². The van der Waals surface area contributed by atoms with Crippen LogP contribution in [0, 0.1) is 5.92 Å². The van der Waals surface area contributed by atoms with E-state index < -0.39 is 0 Å². The molecular weight excluding hydrogens is 346 g/mol. The van der Waals surface area contributed by atoms with E-state index in [0.717, 1.165) is 39.3 Å². The molecule has 2 aliphatic heterocycles. The van der Waals surface area contributed by atoms with Gasteiger partial charge in [-0.1, -0.05) is 72.8 Å². The predicted octanol–water partition coefficient (Wildman–Crippen LogP) is 3.14. The van der Waals surface area contributed by atoms with Gasteiger partial charge in [-0.25, -0.2) is 0 Å². The van der Waals surface area contributed by atoms with Crippen molar-refractivity contribution in [3.8, 4) is 0 Å². The fraction of sp³-hybridized carbons (Fsp3) is 0.375. The zero-order valence-electron chi connectivity index (χ0n) is 16.2. The standard InChI is InChI=1S/C24H27N3O/c28-24-21-11-12-22(17-21)27(24)18-25-13-15-26(16-14-25)23(19-7-3-1-4-8-19)20-9-5-2-6-10-20/h1-12,21-23H,13-18H2. The minimum Gasteiger partial charge on any atom is -0.323 e. The molecule has 28 heavy (non-hydrogen) atoms. The second-order valence-electron chi connectivity index (χ2n) is 8.12. The highest BCUT2D eigenvalue weighted by atomic mass is 16.2. The largest absolute Gasteiger partial charge is 0.323 e. The third-order valence-corrected chi connectivity index (χ3v) is 6.42. The lowest BCUT2D eigenvalue weighted by molar-refractivity contribution is -0.133. The van der Waals surface area contributed by atoms with Crippen LogP contribution in [0.15, 0.2) is 72.8 Å². The maximum Gasteiger partial charge on any atom is 0.231 e. The van der Waals surface area contributed by atoms with Gasteiger partial charge in [0.15, 0.2) is 0 Å². The van der Waals surface area contributed by atoms with E-state index >= 15 is 0 Å². The maximum absolute atomic E-state index is 12.4. The SMILES string of the molecule is O=C1C2C=CC(C2)N1CN1CCN(C(c2ccccc2)c2ccccc2)CC1. The molecule has 4 nitrogen and oxygen atoms in total. The Bertz CT molecular complexity index is 803. The predicted molar refractivity (Wildman–Crippen MR) is 111 cm³/mol. The van der Waals surface area contributed by atoms with E-state index in [4.69, 9.17) is 0 Å². The highest BCUT2D eigenvalue weighted by molar-refractivity contribution is 5.85. The van der Waals surface area contributed by atoms with Crippen LogP contribution < -0.4 is 0 Å². The van der Waals surface area contributed by atoms with Gasteiger partial charge in [-0.3, -0.25) is 14.6 Å². The van der Waals surface area contributed by atoms with Crippen LogP contribution in [0.2, 0.25) is 0 Å². The van der Waals surface area contributed by atoms with Crippen molar-refractivity contribution in [3.05, 3.63) is 83.9 Å². The van der Waals surface area contributed by atoms with Crippen molar-refractivity contribution in [2.75, 3.05) is 32.8 Å². The fourth-order valence-corrected chi connectivity index (χ4v) is 4.91. The van der Waals surface area contributed by atoms with Crippen molar-refractivity contribution in [1.82, 2.24) is 14.7 Å². The summed E-state index contributed by atoms with van der Waals surface area (Å²) in [5, 5.41) is 0. The Labute approximate surface area is 167 Å². The molecule has 3 aliphatic rings. The first-order valence-corrected chi connectivity index (χ1v) is 10.3. The van der Waals surface area contributed by atoms with E-state index in [0.29, 0.717) is 11.9 Å². The molecular formula is C24H27N3O. The summed E-state index contributed by atoms with van der Waals surface area (Å²) in [6.07, 6.45) is 5.29. The molecule has 144 valence electrons. The van der Waals surface area contributed by atoms with Crippen molar-refractivity contribution in [2.24, 2.45) is 5.92 Å². The van der Waals surface area contributed by atoms with E-state index in [1.54, 1.807) is 0 Å². The molecule has 2 heterocycles. The molecule has 2 bridgehead atoms. The van der Waals surface area contributed by atoms with Gasteiger partial charge in [-0.2, -0.15) is 0 Å². The second kappa shape index (κ2) is 7.53. The van der Waals surface area contributed by atoms with E-state index in [1.807, 2.05) is 0 Å². The molecule has 2 fully saturated rings. The maximum atomic E-state index is 12.4. The molecule has 2 saturated heterocycles. The van der Waals surface area contributed by atoms with Gasteiger partial charge in [0.25, 0.3) is 0 Å². The number of hydrogen-bond acceptors (Lipinski definition) is 3. The summed E-state index contributed by atoms with van der Waals surface area (Å²) in [4.78, 5) is 19.5. The number of carbonyl (C=O) groups is 1. The zero-order valence-corrected chi connectivity index (χ0v) is 16.2. The Morgan fingerprint density at radius 2 is 1.43 bits per heavy atom. The summed E-state index contributed by atoms with van der Waals surface area (Å²) >= 11 is 0. The molecule has 2 unspecified atom stereocenters. The first-order chi connectivity index (χ1) is 13.8. The summed E-state index contributed by atoms with van der Waals surface area (Å²) in [5.74, 6) is 0.466. The number of fused-ring (bicyclic) bond motifs is 2. The number of hydrogen-bond donors (Lipinski definition) is 0. The van der Waals surface area contributed by atoms with Crippen LogP contribution in [0.4, 0.5) is 0 Å². The molecule has 0 spiro atoms. The van der Waals surface area contributed by atoms with Crippen LogP contribution in [-0.4, -0.2) is 59.5 Å². The Hall–Kier alpha value is -2.43. The number of likely N-dealkylation sites (tertiary alicyclic amines) is 1. The van der Waals surface area contributed by atoms with Gasteiger partial charge >= 0.3 is 0 Å². The van der Waals surface area contributed by atoms with Crippen LogP contribution in [-0.2, 0) is 4.79 Å². The Morgan fingerprint density at radius 1 is 0.821 bits per heavy atom. The van der Waals surface area contributed by atoms with Gasteiger partial charge in [0.1, 0.15) is 0 Å². The van der Waals surface area contributed by atoms with Gasteiger partial charge in [0.05, 0.1) is 24.7 Å². The van der Waals surface area contributed by atoms with Crippen LogP contribution in [0.5, 0.6) is 0 Å². The van der Waals surface area contributed by atoms with Crippen molar-refractivity contribution in [2.45, 2.75) is 18.5 Å². The van der Waals surface area contributed by atoms with Crippen molar-refractivity contribution in [3.63, 3.8) is 0 Å². The summed E-state index contributed by atoms with van der Waals surface area (Å²) in [6, 6.07) is 22.2. The third-order valence-electron chi connectivity index (χ3n) is 6.42. The molecule has 0 radical (unpaired) electrons. The Balaban J connectivity index is 1.28. The highest BCUT2D eigenvalue weighted by Gasteiger charge is 2.41. The van der Waals surface area contributed by atoms with Crippen molar-refractivity contribution in [1.29, 1.82) is 0 Å². The topological polar surface area (TPSA) is 26.8 Å². The van der Waals surface area contributed by atoms with Gasteiger partial charge in [0, 0.05) is 26.2 Å². The van der Waals surface area contributed by atoms with Gasteiger partial charge < -0.3 is 4.90 Å². The number of rotatable bonds is 5. The summed E-state index contributed by atoms with van der Waals surface area (Å²) < 4.78 is 0. The minimum atomic E-state index is 0.145. The molecule has 2 aromatic carbocycles. The molecule has 1 aliphatic carbocycles.